The smallest absolute Gasteiger partial charge is 0.224 e. The molecule has 5 heteroatoms. The van der Waals surface area contributed by atoms with E-state index in [1.54, 1.807) is 0 Å². The van der Waals surface area contributed by atoms with Gasteiger partial charge in [0.05, 0.1) is 12.0 Å². The van der Waals surface area contributed by atoms with Crippen molar-refractivity contribution < 1.29 is 14.3 Å². The van der Waals surface area contributed by atoms with Gasteiger partial charge in [0.25, 0.3) is 0 Å². The first kappa shape index (κ1) is 19.4. The van der Waals surface area contributed by atoms with Crippen LogP contribution in [0.15, 0.2) is 48.5 Å². The summed E-state index contributed by atoms with van der Waals surface area (Å²) in [6, 6.07) is 16.7. The second kappa shape index (κ2) is 8.68. The number of ether oxygens (including phenoxy) is 2. The fraction of sp³-hybridized carbons (Fsp3) is 0.480. The van der Waals surface area contributed by atoms with Gasteiger partial charge in [-0.25, -0.2) is 0 Å². The van der Waals surface area contributed by atoms with Crippen LogP contribution < -0.4 is 14.8 Å². The van der Waals surface area contributed by atoms with Gasteiger partial charge in [-0.05, 0) is 61.4 Å². The third-order valence-corrected chi connectivity index (χ3v) is 6.44. The first-order valence-corrected chi connectivity index (χ1v) is 11.2. The summed E-state index contributed by atoms with van der Waals surface area (Å²) in [5.74, 6) is 2.38. The van der Waals surface area contributed by atoms with Gasteiger partial charge >= 0.3 is 0 Å². The number of hydrogen-bond acceptors (Lipinski definition) is 4. The molecule has 1 N–H and O–H groups in total. The van der Waals surface area contributed by atoms with E-state index in [4.69, 9.17) is 9.47 Å². The van der Waals surface area contributed by atoms with Gasteiger partial charge in [0.15, 0.2) is 11.5 Å². The second-order valence-corrected chi connectivity index (χ2v) is 8.79. The molecular formula is C25H30N2O3. The van der Waals surface area contributed by atoms with Crippen molar-refractivity contribution in [3.8, 4) is 11.5 Å². The first-order valence-electron chi connectivity index (χ1n) is 11.2. The summed E-state index contributed by atoms with van der Waals surface area (Å²) in [7, 11) is 0. The molecule has 1 aliphatic carbocycles. The van der Waals surface area contributed by atoms with Gasteiger partial charge in [0.2, 0.25) is 5.91 Å². The number of carbonyl (C=O) groups excluding carboxylic acids is 1. The van der Waals surface area contributed by atoms with Gasteiger partial charge in [0, 0.05) is 13.1 Å². The second-order valence-electron chi connectivity index (χ2n) is 8.79. The Morgan fingerprint density at radius 3 is 2.63 bits per heavy atom. The van der Waals surface area contributed by atoms with E-state index in [0.29, 0.717) is 19.1 Å². The van der Waals surface area contributed by atoms with E-state index in [1.807, 2.05) is 12.1 Å². The monoisotopic (exact) mass is 406 g/mol. The summed E-state index contributed by atoms with van der Waals surface area (Å²) >= 11 is 0. The van der Waals surface area contributed by atoms with Crippen LogP contribution in [0.4, 0.5) is 0 Å². The summed E-state index contributed by atoms with van der Waals surface area (Å²) in [4.78, 5) is 15.6. The van der Waals surface area contributed by atoms with E-state index < -0.39 is 0 Å². The predicted octanol–water partition coefficient (Wildman–Crippen LogP) is 3.94. The number of fused-ring (bicyclic) bond motifs is 1. The fourth-order valence-electron chi connectivity index (χ4n) is 4.68. The molecule has 3 aliphatic rings. The fourth-order valence-corrected chi connectivity index (χ4v) is 4.68. The Kier molecular flexibility index (Phi) is 5.63. The Balaban J connectivity index is 1.25. The summed E-state index contributed by atoms with van der Waals surface area (Å²) < 4.78 is 11.4. The molecule has 1 saturated heterocycles. The lowest BCUT2D eigenvalue weighted by molar-refractivity contribution is -0.127. The van der Waals surface area contributed by atoms with Gasteiger partial charge in [0.1, 0.15) is 13.2 Å². The maximum atomic E-state index is 13.2. The van der Waals surface area contributed by atoms with E-state index in [-0.39, 0.29) is 17.9 Å². The van der Waals surface area contributed by atoms with E-state index >= 15 is 0 Å². The van der Waals surface area contributed by atoms with Gasteiger partial charge in [-0.3, -0.25) is 9.69 Å². The van der Waals surface area contributed by atoms with Gasteiger partial charge in [-0.15, -0.1) is 0 Å². The molecule has 2 fully saturated rings. The SMILES string of the molecule is O=C(NC(c1ccc2c(c1)OCCO2)C1CC1)C1CCCN(Cc2ccccc2)C1. The number of hydrogen-bond donors (Lipinski definition) is 1. The molecule has 0 aromatic heterocycles. The lowest BCUT2D eigenvalue weighted by Crippen LogP contribution is -2.44. The summed E-state index contributed by atoms with van der Waals surface area (Å²) in [5, 5.41) is 3.39. The highest BCUT2D eigenvalue weighted by molar-refractivity contribution is 5.79. The zero-order valence-corrected chi connectivity index (χ0v) is 17.4. The van der Waals surface area contributed by atoms with Crippen LogP contribution in [0.2, 0.25) is 0 Å². The molecule has 158 valence electrons. The van der Waals surface area contributed by atoms with Crippen LogP contribution >= 0.6 is 0 Å². The van der Waals surface area contributed by atoms with Gasteiger partial charge < -0.3 is 14.8 Å². The van der Waals surface area contributed by atoms with Crippen LogP contribution in [0.1, 0.15) is 42.9 Å². The number of likely N-dealkylation sites (tertiary alicyclic amines) is 1. The molecule has 2 aromatic rings. The third-order valence-electron chi connectivity index (χ3n) is 6.44. The van der Waals surface area contributed by atoms with Crippen LogP contribution in [0.25, 0.3) is 0 Å². The van der Waals surface area contributed by atoms with Crippen molar-refractivity contribution in [1.29, 1.82) is 0 Å². The number of carbonyl (C=O) groups is 1. The van der Waals surface area contributed by atoms with E-state index in [9.17, 15) is 4.79 Å². The van der Waals surface area contributed by atoms with Crippen LogP contribution in [0, 0.1) is 11.8 Å². The van der Waals surface area contributed by atoms with Gasteiger partial charge in [-0.2, -0.15) is 0 Å². The molecule has 1 amide bonds. The number of nitrogens with one attached hydrogen (secondary N) is 1. The number of nitrogens with zero attached hydrogens (tertiary/aromatic N) is 1. The Hall–Kier alpha value is -2.53. The molecule has 2 atom stereocenters. The third kappa shape index (κ3) is 4.46. The summed E-state index contributed by atoms with van der Waals surface area (Å²) in [6.07, 6.45) is 4.38. The molecule has 0 spiro atoms. The summed E-state index contributed by atoms with van der Waals surface area (Å²) in [5.41, 5.74) is 2.44. The molecule has 1 saturated carbocycles. The first-order chi connectivity index (χ1) is 14.8. The average molecular weight is 407 g/mol. The lowest BCUT2D eigenvalue weighted by Gasteiger charge is -2.33. The van der Waals surface area contributed by atoms with E-state index in [2.05, 4.69) is 46.6 Å². The minimum atomic E-state index is 0.0564. The van der Waals surface area contributed by atoms with Crippen molar-refractivity contribution >= 4 is 5.91 Å². The maximum Gasteiger partial charge on any atom is 0.224 e. The number of amides is 1. The molecular weight excluding hydrogens is 376 g/mol. The zero-order chi connectivity index (χ0) is 20.3. The highest BCUT2D eigenvalue weighted by Gasteiger charge is 2.36. The topological polar surface area (TPSA) is 50.8 Å². The van der Waals surface area contributed by atoms with E-state index in [0.717, 1.165) is 49.5 Å². The largest absolute Gasteiger partial charge is 0.486 e. The minimum Gasteiger partial charge on any atom is -0.486 e. The quantitative estimate of drug-likeness (QED) is 0.790. The van der Waals surface area contributed by atoms with Crippen LogP contribution in [-0.4, -0.2) is 37.1 Å². The molecule has 0 radical (unpaired) electrons. The zero-order valence-electron chi connectivity index (χ0n) is 17.4. The Morgan fingerprint density at radius 2 is 1.83 bits per heavy atom. The van der Waals surface area contributed by atoms with Gasteiger partial charge in [-0.1, -0.05) is 36.4 Å². The molecule has 0 bridgehead atoms. The van der Waals surface area contributed by atoms with Crippen molar-refractivity contribution in [1.82, 2.24) is 10.2 Å². The van der Waals surface area contributed by atoms with E-state index in [1.165, 1.54) is 18.4 Å². The molecule has 30 heavy (non-hydrogen) atoms. The predicted molar refractivity (Wildman–Crippen MR) is 115 cm³/mol. The highest BCUT2D eigenvalue weighted by Crippen LogP contribution is 2.43. The molecule has 5 rings (SSSR count). The minimum absolute atomic E-state index is 0.0564. The normalized spacial score (nSPS) is 22.3. The lowest BCUT2D eigenvalue weighted by atomic mass is 9.94. The van der Waals surface area contributed by atoms with Crippen LogP contribution in [0.5, 0.6) is 11.5 Å². The van der Waals surface area contributed by atoms with Crippen molar-refractivity contribution in [2.75, 3.05) is 26.3 Å². The molecule has 2 aliphatic heterocycles. The standard InChI is InChI=1S/C25H30N2O3/c28-25(21-7-4-12-27(17-21)16-18-5-2-1-3-6-18)26-24(19-8-9-19)20-10-11-22-23(15-20)30-14-13-29-22/h1-3,5-6,10-11,15,19,21,24H,4,7-9,12-14,16-17H2,(H,26,28). The average Bonchev–Trinajstić information content (AvgIpc) is 3.63. The van der Waals surface area contributed by atoms with Crippen molar-refractivity contribution in [2.24, 2.45) is 11.8 Å². The molecule has 2 unspecified atom stereocenters. The molecule has 5 nitrogen and oxygen atoms in total. The van der Waals surface area contributed by atoms with Crippen molar-refractivity contribution in [3.05, 3.63) is 59.7 Å². The number of piperidine rings is 1. The van der Waals surface area contributed by atoms with Crippen LogP contribution in [-0.2, 0) is 11.3 Å². The number of rotatable bonds is 6. The van der Waals surface area contributed by atoms with Crippen molar-refractivity contribution in [3.63, 3.8) is 0 Å². The number of benzene rings is 2. The Labute approximate surface area is 178 Å². The molecule has 2 aromatic carbocycles. The van der Waals surface area contributed by atoms with Crippen LogP contribution in [0.3, 0.4) is 0 Å². The Bertz CT molecular complexity index is 881. The molecule has 2 heterocycles. The summed E-state index contributed by atoms with van der Waals surface area (Å²) in [6.45, 7) is 3.98. The maximum absolute atomic E-state index is 13.2. The Morgan fingerprint density at radius 1 is 1.03 bits per heavy atom. The highest BCUT2D eigenvalue weighted by atomic mass is 16.6. The van der Waals surface area contributed by atoms with Crippen molar-refractivity contribution in [2.45, 2.75) is 38.3 Å².